The number of rotatable bonds is 2. The summed E-state index contributed by atoms with van der Waals surface area (Å²) in [5.74, 6) is -2.60. The summed E-state index contributed by atoms with van der Waals surface area (Å²) in [6, 6.07) is 0. The van der Waals surface area contributed by atoms with Gasteiger partial charge in [0, 0.05) is 25.7 Å². The molecule has 0 amide bonds. The molecule has 146 valence electrons. The van der Waals surface area contributed by atoms with Gasteiger partial charge in [0.15, 0.2) is 11.6 Å². The average molecular weight is 366 g/mol. The molecule has 6 nitrogen and oxygen atoms in total. The number of hydrogen-bond donors (Lipinski definition) is 1. The van der Waals surface area contributed by atoms with E-state index in [0.717, 1.165) is 51.4 Å². The van der Waals surface area contributed by atoms with Crippen molar-refractivity contribution in [3.05, 3.63) is 12.7 Å². The van der Waals surface area contributed by atoms with Crippen LogP contribution in [0.4, 0.5) is 0 Å². The minimum Gasteiger partial charge on any atom is -0.360 e. The number of hydrogen-bond acceptors (Lipinski definition) is 6. The smallest absolute Gasteiger partial charge is 0.215 e. The topological polar surface area (TPSA) is 66.4 Å². The van der Waals surface area contributed by atoms with E-state index in [1.54, 1.807) is 0 Å². The third-order valence-electron chi connectivity index (χ3n) is 6.81. The summed E-state index contributed by atoms with van der Waals surface area (Å²) in [5, 5.41) is 11.0. The monoisotopic (exact) mass is 366 g/mol. The molecule has 0 aromatic carbocycles. The van der Waals surface area contributed by atoms with Gasteiger partial charge in [0.05, 0.1) is 6.61 Å². The molecule has 1 N–H and O–H groups in total. The van der Waals surface area contributed by atoms with Crippen LogP contribution in [0.1, 0.15) is 64.2 Å². The van der Waals surface area contributed by atoms with Gasteiger partial charge >= 0.3 is 0 Å². The fraction of sp³-hybridized carbons (Fsp3) is 0.900. The molecule has 2 spiro atoms. The predicted molar refractivity (Wildman–Crippen MR) is 92.2 cm³/mol. The third kappa shape index (κ3) is 2.69. The van der Waals surface area contributed by atoms with Crippen LogP contribution in [0.2, 0.25) is 0 Å². The molecule has 5 aliphatic rings. The summed E-state index contributed by atoms with van der Waals surface area (Å²) >= 11 is 0. The van der Waals surface area contributed by atoms with Gasteiger partial charge in [-0.25, -0.2) is 0 Å². The zero-order valence-electron chi connectivity index (χ0n) is 15.4. The highest BCUT2D eigenvalue weighted by Crippen LogP contribution is 2.51. The quantitative estimate of drug-likeness (QED) is 0.758. The van der Waals surface area contributed by atoms with Gasteiger partial charge in [0.1, 0.15) is 24.4 Å². The Hall–Kier alpha value is -0.500. The number of ether oxygens (including phenoxy) is 5. The van der Waals surface area contributed by atoms with Crippen LogP contribution in [0.3, 0.4) is 0 Å². The molecule has 3 aliphatic heterocycles. The largest absolute Gasteiger partial charge is 0.360 e. The molecule has 0 aromatic rings. The van der Waals surface area contributed by atoms with Crippen LogP contribution in [0.5, 0.6) is 0 Å². The molecule has 3 heterocycles. The first kappa shape index (κ1) is 17.6. The van der Waals surface area contributed by atoms with E-state index in [0.29, 0.717) is 6.61 Å². The lowest BCUT2D eigenvalue weighted by Crippen LogP contribution is -2.44. The van der Waals surface area contributed by atoms with Crippen molar-refractivity contribution in [2.75, 3.05) is 6.61 Å². The highest BCUT2D eigenvalue weighted by Gasteiger charge is 2.66. The average Bonchev–Trinajstić information content (AvgIpc) is 3.30. The Balaban J connectivity index is 1.37. The van der Waals surface area contributed by atoms with E-state index in [1.165, 1.54) is 18.9 Å². The van der Waals surface area contributed by atoms with E-state index in [2.05, 4.69) is 6.58 Å². The molecule has 3 unspecified atom stereocenters. The second-order valence-corrected chi connectivity index (χ2v) is 8.57. The van der Waals surface area contributed by atoms with Crippen molar-refractivity contribution in [2.24, 2.45) is 0 Å². The zero-order chi connectivity index (χ0) is 17.8. The molecule has 5 fully saturated rings. The van der Waals surface area contributed by atoms with E-state index < -0.39 is 29.6 Å². The highest BCUT2D eigenvalue weighted by molar-refractivity contribution is 5.12. The van der Waals surface area contributed by atoms with Crippen LogP contribution in [0.15, 0.2) is 12.7 Å². The molecule has 26 heavy (non-hydrogen) atoms. The summed E-state index contributed by atoms with van der Waals surface area (Å²) in [5.41, 5.74) is 0. The van der Waals surface area contributed by atoms with Crippen molar-refractivity contribution in [3.8, 4) is 0 Å². The van der Waals surface area contributed by atoms with Crippen LogP contribution in [-0.4, -0.2) is 53.5 Å². The summed E-state index contributed by atoms with van der Waals surface area (Å²) in [6.07, 6.45) is 10.3. The summed E-state index contributed by atoms with van der Waals surface area (Å²) in [4.78, 5) is 0. The predicted octanol–water partition coefficient (Wildman–Crippen LogP) is 2.78. The summed E-state index contributed by atoms with van der Waals surface area (Å²) < 4.78 is 31.2. The maximum atomic E-state index is 11.0. The van der Waals surface area contributed by atoms with Gasteiger partial charge < -0.3 is 28.8 Å². The third-order valence-corrected chi connectivity index (χ3v) is 6.81. The lowest BCUT2D eigenvalue weighted by Gasteiger charge is -2.36. The first-order chi connectivity index (χ1) is 12.6. The maximum absolute atomic E-state index is 11.0. The summed E-state index contributed by atoms with van der Waals surface area (Å²) in [7, 11) is 0. The molecule has 5 atom stereocenters. The SMILES string of the molecule is C=CC1(O)O[C@@H](C2COC3(CCCCC3)O2)C2OC3(CCCCC3)O[C@H]21. The van der Waals surface area contributed by atoms with Gasteiger partial charge in [-0.2, -0.15) is 0 Å². The Morgan fingerprint density at radius 3 is 2.08 bits per heavy atom. The van der Waals surface area contributed by atoms with Crippen molar-refractivity contribution in [1.82, 2.24) is 0 Å². The van der Waals surface area contributed by atoms with Crippen LogP contribution in [-0.2, 0) is 23.7 Å². The van der Waals surface area contributed by atoms with Crippen molar-refractivity contribution < 1.29 is 28.8 Å². The van der Waals surface area contributed by atoms with E-state index in [-0.39, 0.29) is 12.2 Å². The fourth-order valence-corrected chi connectivity index (χ4v) is 5.42. The van der Waals surface area contributed by atoms with Gasteiger partial charge in [-0.1, -0.05) is 19.4 Å². The highest BCUT2D eigenvalue weighted by atomic mass is 16.8. The molecule has 6 heteroatoms. The molecule has 2 aliphatic carbocycles. The first-order valence-corrected chi connectivity index (χ1v) is 10.3. The van der Waals surface area contributed by atoms with Crippen molar-refractivity contribution in [3.63, 3.8) is 0 Å². The Kier molecular flexibility index (Phi) is 4.23. The van der Waals surface area contributed by atoms with Crippen LogP contribution in [0, 0.1) is 0 Å². The minimum atomic E-state index is -1.54. The number of aliphatic hydroxyl groups is 1. The van der Waals surface area contributed by atoms with Gasteiger partial charge in [0.2, 0.25) is 5.79 Å². The first-order valence-electron chi connectivity index (χ1n) is 10.3. The molecule has 2 saturated carbocycles. The van der Waals surface area contributed by atoms with E-state index >= 15 is 0 Å². The van der Waals surface area contributed by atoms with Gasteiger partial charge in [-0.05, 0) is 31.8 Å². The summed E-state index contributed by atoms with van der Waals surface area (Å²) in [6.45, 7) is 4.24. The normalized spacial score (nSPS) is 46.7. The van der Waals surface area contributed by atoms with Crippen molar-refractivity contribution in [1.29, 1.82) is 0 Å². The van der Waals surface area contributed by atoms with Crippen LogP contribution < -0.4 is 0 Å². The van der Waals surface area contributed by atoms with Gasteiger partial charge in [-0.15, -0.1) is 0 Å². The Bertz CT molecular complexity index is 553. The van der Waals surface area contributed by atoms with Crippen molar-refractivity contribution in [2.45, 2.75) is 106 Å². The van der Waals surface area contributed by atoms with Gasteiger partial charge in [-0.3, -0.25) is 0 Å². The second kappa shape index (κ2) is 6.26. The molecular weight excluding hydrogens is 336 g/mol. The number of fused-ring (bicyclic) bond motifs is 1. The van der Waals surface area contributed by atoms with E-state index in [9.17, 15) is 5.11 Å². The molecule has 5 rings (SSSR count). The standard InChI is InChI=1S/C20H30O6/c1-2-20(21)17-16(24-19(26-17)11-7-4-8-12-19)15(25-20)14-13-22-18(23-14)9-5-3-6-10-18/h2,14-17,21H,1,3-13H2/t14?,15-,16?,17+,20?/m0/s1. The fourth-order valence-electron chi connectivity index (χ4n) is 5.42. The van der Waals surface area contributed by atoms with Gasteiger partial charge in [0.25, 0.3) is 0 Å². The molecule has 3 saturated heterocycles. The minimum absolute atomic E-state index is 0.253. The van der Waals surface area contributed by atoms with Crippen molar-refractivity contribution >= 4 is 0 Å². The Morgan fingerprint density at radius 1 is 0.769 bits per heavy atom. The van der Waals surface area contributed by atoms with Crippen LogP contribution >= 0.6 is 0 Å². The second-order valence-electron chi connectivity index (χ2n) is 8.57. The zero-order valence-corrected chi connectivity index (χ0v) is 15.4. The molecule has 0 radical (unpaired) electrons. The van der Waals surface area contributed by atoms with E-state index in [1.807, 2.05) is 0 Å². The molecule has 0 aromatic heterocycles. The molecular formula is C20H30O6. The lowest BCUT2D eigenvalue weighted by atomic mass is 9.94. The van der Waals surface area contributed by atoms with E-state index in [4.69, 9.17) is 23.7 Å². The molecule has 0 bridgehead atoms. The maximum Gasteiger partial charge on any atom is 0.215 e. The lowest BCUT2D eigenvalue weighted by molar-refractivity contribution is -0.283. The Labute approximate surface area is 154 Å². The Morgan fingerprint density at radius 2 is 1.42 bits per heavy atom. The van der Waals surface area contributed by atoms with Crippen LogP contribution in [0.25, 0.3) is 0 Å².